The van der Waals surface area contributed by atoms with Crippen molar-refractivity contribution in [1.29, 1.82) is 0 Å². The van der Waals surface area contributed by atoms with Crippen molar-refractivity contribution in [3.05, 3.63) is 0 Å². The number of nitrogens with zero attached hydrogens (tertiary/aromatic N) is 2. The molecule has 0 aromatic rings. The van der Waals surface area contributed by atoms with Gasteiger partial charge < -0.3 is 9.90 Å². The zero-order valence-electron chi connectivity index (χ0n) is 12.5. The molecule has 0 aromatic heterocycles. The van der Waals surface area contributed by atoms with Crippen LogP contribution in [0.25, 0.3) is 0 Å². The molecule has 1 atom stereocenters. The van der Waals surface area contributed by atoms with E-state index in [1.807, 2.05) is 6.92 Å². The van der Waals surface area contributed by atoms with Crippen molar-refractivity contribution >= 4 is 11.8 Å². The van der Waals surface area contributed by atoms with Crippen molar-refractivity contribution < 1.29 is 14.4 Å². The monoisotopic (exact) mass is 268 g/mol. The highest BCUT2D eigenvalue weighted by Gasteiger charge is 2.35. The highest BCUT2D eigenvalue weighted by atomic mass is 16.4. The Labute approximate surface area is 117 Å². The average molecular weight is 268 g/mol. The van der Waals surface area contributed by atoms with Gasteiger partial charge in [0, 0.05) is 6.42 Å². The molecule has 1 unspecified atom stereocenters. The van der Waals surface area contributed by atoms with Gasteiger partial charge in [-0.1, -0.05) is 39.0 Å². The molecule has 1 rings (SSSR count). The molecule has 0 aromatic carbocycles. The number of likely N-dealkylation sites (N-methyl/N-ethyl adjacent to an activating group) is 1. The SMILES string of the molecule is CCCCCCCCC1=NCC[N+]1(CC)CC(=O)[O-]. The Bertz CT molecular complexity index is 315. The molecule has 110 valence electrons. The van der Waals surface area contributed by atoms with Gasteiger partial charge in [0.2, 0.25) is 0 Å². The Hall–Kier alpha value is -0.900. The Balaban J connectivity index is 2.36. The molecular formula is C15H28N2O2. The van der Waals surface area contributed by atoms with Crippen molar-refractivity contribution in [2.75, 3.05) is 26.2 Å². The molecular weight excluding hydrogens is 240 g/mol. The van der Waals surface area contributed by atoms with Crippen LogP contribution in [0.15, 0.2) is 4.99 Å². The number of carboxylic acids is 1. The number of carbonyl (C=O) groups is 1. The molecule has 19 heavy (non-hydrogen) atoms. The van der Waals surface area contributed by atoms with Crippen LogP contribution in [0.1, 0.15) is 58.8 Å². The van der Waals surface area contributed by atoms with Crippen molar-refractivity contribution in [3.8, 4) is 0 Å². The first kappa shape index (κ1) is 16.2. The maximum atomic E-state index is 10.9. The predicted octanol–water partition coefficient (Wildman–Crippen LogP) is 1.74. The number of rotatable bonds is 10. The summed E-state index contributed by atoms with van der Waals surface area (Å²) in [7, 11) is 0. The second-order valence-corrected chi connectivity index (χ2v) is 5.53. The third-order valence-corrected chi connectivity index (χ3v) is 4.16. The number of carbonyl (C=O) groups excluding carboxylic acids is 1. The quantitative estimate of drug-likeness (QED) is 0.447. The highest BCUT2D eigenvalue weighted by Crippen LogP contribution is 2.19. The van der Waals surface area contributed by atoms with Crippen LogP contribution in [0.5, 0.6) is 0 Å². The second-order valence-electron chi connectivity index (χ2n) is 5.53. The Morgan fingerprint density at radius 3 is 2.53 bits per heavy atom. The molecule has 0 N–H and O–H groups in total. The molecule has 0 aliphatic carbocycles. The van der Waals surface area contributed by atoms with Crippen LogP contribution in [0.4, 0.5) is 0 Å². The van der Waals surface area contributed by atoms with E-state index in [9.17, 15) is 9.90 Å². The van der Waals surface area contributed by atoms with Gasteiger partial charge in [-0.2, -0.15) is 0 Å². The number of amidine groups is 1. The molecule has 0 bridgehead atoms. The molecule has 4 nitrogen and oxygen atoms in total. The molecule has 1 heterocycles. The summed E-state index contributed by atoms with van der Waals surface area (Å²) in [5.74, 6) is 0.126. The summed E-state index contributed by atoms with van der Waals surface area (Å²) in [6.45, 7) is 6.76. The molecule has 1 aliphatic heterocycles. The minimum Gasteiger partial charge on any atom is -0.544 e. The summed E-state index contributed by atoms with van der Waals surface area (Å²) in [5.41, 5.74) is 0. The topological polar surface area (TPSA) is 52.5 Å². The van der Waals surface area contributed by atoms with E-state index >= 15 is 0 Å². The zero-order chi connectivity index (χ0) is 14.1. The predicted molar refractivity (Wildman–Crippen MR) is 75.8 cm³/mol. The Morgan fingerprint density at radius 1 is 1.21 bits per heavy atom. The van der Waals surface area contributed by atoms with Gasteiger partial charge in [-0.25, -0.2) is 4.99 Å². The molecule has 1 aliphatic rings. The van der Waals surface area contributed by atoms with Gasteiger partial charge in [0.25, 0.3) is 0 Å². The van der Waals surface area contributed by atoms with Gasteiger partial charge in [0.1, 0.15) is 13.1 Å². The third kappa shape index (κ3) is 4.94. The lowest BCUT2D eigenvalue weighted by Crippen LogP contribution is -2.56. The van der Waals surface area contributed by atoms with Crippen molar-refractivity contribution in [2.45, 2.75) is 58.8 Å². The fourth-order valence-corrected chi connectivity index (χ4v) is 2.90. The smallest absolute Gasteiger partial charge is 0.198 e. The van der Waals surface area contributed by atoms with Crippen LogP contribution in [-0.2, 0) is 4.79 Å². The van der Waals surface area contributed by atoms with E-state index in [1.165, 1.54) is 32.1 Å². The van der Waals surface area contributed by atoms with Crippen molar-refractivity contribution in [3.63, 3.8) is 0 Å². The summed E-state index contributed by atoms with van der Waals surface area (Å²) in [5, 5.41) is 10.9. The number of aliphatic carboxylic acids is 1. The van der Waals surface area contributed by atoms with E-state index in [0.29, 0.717) is 4.48 Å². The summed E-state index contributed by atoms with van der Waals surface area (Å²) in [4.78, 5) is 15.5. The maximum Gasteiger partial charge on any atom is 0.198 e. The lowest BCUT2D eigenvalue weighted by molar-refractivity contribution is -0.829. The number of carboxylic acid groups (broad SMARTS) is 1. The lowest BCUT2D eigenvalue weighted by Gasteiger charge is -2.34. The van der Waals surface area contributed by atoms with Gasteiger partial charge in [0.15, 0.2) is 5.84 Å². The summed E-state index contributed by atoms with van der Waals surface area (Å²) in [6, 6.07) is 0. The van der Waals surface area contributed by atoms with Gasteiger partial charge in [-0.05, 0) is 13.3 Å². The van der Waals surface area contributed by atoms with Crippen LogP contribution >= 0.6 is 0 Å². The minimum absolute atomic E-state index is 0.0885. The van der Waals surface area contributed by atoms with Gasteiger partial charge in [-0.3, -0.25) is 4.48 Å². The Morgan fingerprint density at radius 2 is 1.89 bits per heavy atom. The van der Waals surface area contributed by atoms with E-state index in [0.717, 1.165) is 38.3 Å². The number of unbranched alkanes of at least 4 members (excludes halogenated alkanes) is 5. The average Bonchev–Trinajstić information content (AvgIpc) is 2.76. The normalized spacial score (nSPS) is 22.5. The van der Waals surface area contributed by atoms with Gasteiger partial charge in [0.05, 0.1) is 19.1 Å². The van der Waals surface area contributed by atoms with Crippen LogP contribution < -0.4 is 5.11 Å². The first-order valence-electron chi connectivity index (χ1n) is 7.74. The third-order valence-electron chi connectivity index (χ3n) is 4.16. The highest BCUT2D eigenvalue weighted by molar-refractivity contribution is 5.79. The van der Waals surface area contributed by atoms with E-state index in [-0.39, 0.29) is 6.54 Å². The van der Waals surface area contributed by atoms with E-state index in [1.54, 1.807) is 0 Å². The van der Waals surface area contributed by atoms with E-state index in [4.69, 9.17) is 0 Å². The fourth-order valence-electron chi connectivity index (χ4n) is 2.90. The van der Waals surface area contributed by atoms with Crippen LogP contribution in [0.3, 0.4) is 0 Å². The van der Waals surface area contributed by atoms with Crippen molar-refractivity contribution in [2.24, 2.45) is 4.99 Å². The summed E-state index contributed by atoms with van der Waals surface area (Å²) < 4.78 is 0.525. The standard InChI is InChI=1S/C15H28N2O2/c1-3-5-6-7-8-9-10-14-16-11-12-17(14,4-2)13-15(18)19/h3-13H2,1-2H3. The number of aliphatic imine (C=N–C) groups is 1. The zero-order valence-corrected chi connectivity index (χ0v) is 12.5. The number of hydrogen-bond donors (Lipinski definition) is 0. The van der Waals surface area contributed by atoms with Crippen LogP contribution in [0, 0.1) is 0 Å². The van der Waals surface area contributed by atoms with E-state index < -0.39 is 5.97 Å². The van der Waals surface area contributed by atoms with Crippen LogP contribution in [0.2, 0.25) is 0 Å². The van der Waals surface area contributed by atoms with Gasteiger partial charge in [-0.15, -0.1) is 0 Å². The first-order chi connectivity index (χ1) is 9.14. The maximum absolute atomic E-state index is 10.9. The molecule has 0 radical (unpaired) electrons. The molecule has 0 amide bonds. The molecule has 0 spiro atoms. The molecule has 0 saturated heterocycles. The molecule has 4 heteroatoms. The number of quaternary nitrogens is 1. The Kier molecular flexibility index (Phi) is 7.06. The summed E-state index contributed by atoms with van der Waals surface area (Å²) >= 11 is 0. The first-order valence-corrected chi connectivity index (χ1v) is 7.74. The van der Waals surface area contributed by atoms with E-state index in [2.05, 4.69) is 11.9 Å². The largest absolute Gasteiger partial charge is 0.544 e. The summed E-state index contributed by atoms with van der Waals surface area (Å²) in [6.07, 6.45) is 8.51. The van der Waals surface area contributed by atoms with Crippen LogP contribution in [-0.4, -0.2) is 42.5 Å². The minimum atomic E-state index is -0.959. The van der Waals surface area contributed by atoms with Crippen molar-refractivity contribution in [1.82, 2.24) is 0 Å². The van der Waals surface area contributed by atoms with Gasteiger partial charge >= 0.3 is 0 Å². The second kappa shape index (κ2) is 8.31. The fraction of sp³-hybridized carbons (Fsp3) is 0.867. The molecule has 0 saturated carbocycles. The lowest BCUT2D eigenvalue weighted by atomic mass is 10.1. The number of hydrogen-bond acceptors (Lipinski definition) is 3. The molecule has 0 fully saturated rings.